The summed E-state index contributed by atoms with van der Waals surface area (Å²) in [4.78, 5) is 23.6. The number of benzene rings is 1. The zero-order valence-electron chi connectivity index (χ0n) is 14.6. The second kappa shape index (κ2) is 9.89. The molecule has 1 aliphatic carbocycles. The quantitative estimate of drug-likeness (QED) is 0.591. The second-order valence-corrected chi connectivity index (χ2v) is 6.32. The molecule has 5 nitrogen and oxygen atoms in total. The molecular weight excluding hydrogens is 344 g/mol. The van der Waals surface area contributed by atoms with Gasteiger partial charge in [-0.3, -0.25) is 4.79 Å². The number of halogens is 2. The van der Waals surface area contributed by atoms with Crippen molar-refractivity contribution in [1.29, 1.82) is 0 Å². The molecule has 1 aliphatic rings. The van der Waals surface area contributed by atoms with Gasteiger partial charge in [-0.15, -0.1) is 0 Å². The second-order valence-electron chi connectivity index (χ2n) is 6.32. The number of esters is 1. The Balaban J connectivity index is 1.73. The van der Waals surface area contributed by atoms with Gasteiger partial charge in [-0.05, 0) is 42.5 Å². The number of ether oxygens (including phenoxy) is 2. The Morgan fingerprint density at radius 3 is 2.58 bits per heavy atom. The normalized spacial score (nSPS) is 20.2. The highest BCUT2D eigenvalue weighted by atomic mass is 19.3. The van der Waals surface area contributed by atoms with Crippen LogP contribution in [0, 0.1) is 5.92 Å². The van der Waals surface area contributed by atoms with E-state index in [-0.39, 0.29) is 24.3 Å². The van der Waals surface area contributed by atoms with Crippen molar-refractivity contribution in [3.63, 3.8) is 0 Å². The van der Waals surface area contributed by atoms with Crippen molar-refractivity contribution < 1.29 is 27.8 Å². The predicted molar refractivity (Wildman–Crippen MR) is 92.6 cm³/mol. The summed E-state index contributed by atoms with van der Waals surface area (Å²) >= 11 is 0. The first-order valence-electron chi connectivity index (χ1n) is 8.63. The first kappa shape index (κ1) is 19.9. The number of hydrogen-bond acceptors (Lipinski definition) is 4. The molecule has 0 aromatic heterocycles. The third-order valence-corrected chi connectivity index (χ3v) is 4.32. The Bertz CT molecular complexity index is 631. The van der Waals surface area contributed by atoms with E-state index in [0.717, 1.165) is 19.3 Å². The fraction of sp³-hybridized carbons (Fsp3) is 0.474. The third kappa shape index (κ3) is 6.82. The molecule has 1 aromatic carbocycles. The van der Waals surface area contributed by atoms with E-state index in [1.165, 1.54) is 42.8 Å². The molecule has 0 heterocycles. The number of alkyl halides is 2. The van der Waals surface area contributed by atoms with E-state index in [4.69, 9.17) is 4.74 Å². The van der Waals surface area contributed by atoms with Crippen LogP contribution in [0.3, 0.4) is 0 Å². The summed E-state index contributed by atoms with van der Waals surface area (Å²) in [5.74, 6) is -0.489. The highest BCUT2D eigenvalue weighted by Crippen LogP contribution is 2.23. The lowest BCUT2D eigenvalue weighted by atomic mass is 9.86. The highest BCUT2D eigenvalue weighted by Gasteiger charge is 2.22. The van der Waals surface area contributed by atoms with E-state index in [1.807, 2.05) is 0 Å². The summed E-state index contributed by atoms with van der Waals surface area (Å²) in [6.45, 7) is -1.10. The van der Waals surface area contributed by atoms with Crippen molar-refractivity contribution in [3.8, 4) is 5.75 Å². The van der Waals surface area contributed by atoms with E-state index in [1.54, 1.807) is 0 Å². The summed E-state index contributed by atoms with van der Waals surface area (Å²) in [6.07, 6.45) is 6.97. The minimum Gasteiger partial charge on any atom is -0.452 e. The van der Waals surface area contributed by atoms with E-state index >= 15 is 0 Å². The maximum atomic E-state index is 12.1. The molecule has 1 aromatic rings. The Hall–Kier alpha value is -2.44. The van der Waals surface area contributed by atoms with Crippen molar-refractivity contribution in [2.24, 2.45) is 5.92 Å². The van der Waals surface area contributed by atoms with Crippen LogP contribution < -0.4 is 10.1 Å². The zero-order valence-corrected chi connectivity index (χ0v) is 14.6. The van der Waals surface area contributed by atoms with Crippen LogP contribution in [-0.2, 0) is 14.3 Å². The van der Waals surface area contributed by atoms with Gasteiger partial charge >= 0.3 is 12.6 Å². The molecule has 1 saturated carbocycles. The van der Waals surface area contributed by atoms with E-state index in [2.05, 4.69) is 17.0 Å². The molecule has 26 heavy (non-hydrogen) atoms. The van der Waals surface area contributed by atoms with E-state index in [9.17, 15) is 18.4 Å². The Labute approximate surface area is 151 Å². The molecule has 0 unspecified atom stereocenters. The monoisotopic (exact) mass is 367 g/mol. The highest BCUT2D eigenvalue weighted by molar-refractivity contribution is 5.89. The molecule has 7 heteroatoms. The number of nitrogens with one attached hydrogen (secondary N) is 1. The van der Waals surface area contributed by atoms with Gasteiger partial charge in [-0.25, -0.2) is 4.79 Å². The van der Waals surface area contributed by atoms with Crippen molar-refractivity contribution >= 4 is 18.0 Å². The van der Waals surface area contributed by atoms with Gasteiger partial charge in [0, 0.05) is 12.1 Å². The van der Waals surface area contributed by atoms with Gasteiger partial charge in [0.1, 0.15) is 5.75 Å². The lowest BCUT2D eigenvalue weighted by molar-refractivity contribution is -0.144. The van der Waals surface area contributed by atoms with E-state index < -0.39 is 12.6 Å². The molecule has 1 N–H and O–H groups in total. The predicted octanol–water partition coefficient (Wildman–Crippen LogP) is 3.54. The van der Waals surface area contributed by atoms with Crippen molar-refractivity contribution in [2.45, 2.75) is 45.3 Å². The van der Waals surface area contributed by atoms with Crippen LogP contribution in [0.4, 0.5) is 8.78 Å². The van der Waals surface area contributed by atoms with Gasteiger partial charge < -0.3 is 14.8 Å². The van der Waals surface area contributed by atoms with Crippen LogP contribution in [0.25, 0.3) is 6.08 Å². The molecule has 2 atom stereocenters. The number of amides is 1. The molecule has 2 rings (SSSR count). The van der Waals surface area contributed by atoms with Crippen molar-refractivity contribution in [1.82, 2.24) is 5.32 Å². The Kier molecular flexibility index (Phi) is 7.56. The molecule has 1 fully saturated rings. The van der Waals surface area contributed by atoms with Gasteiger partial charge in [0.25, 0.3) is 5.91 Å². The smallest absolute Gasteiger partial charge is 0.387 e. The number of rotatable bonds is 7. The fourth-order valence-corrected chi connectivity index (χ4v) is 2.89. The van der Waals surface area contributed by atoms with Crippen molar-refractivity contribution in [3.05, 3.63) is 35.9 Å². The Morgan fingerprint density at radius 1 is 1.23 bits per heavy atom. The van der Waals surface area contributed by atoms with Gasteiger partial charge in [0.15, 0.2) is 6.61 Å². The molecule has 0 aliphatic heterocycles. The van der Waals surface area contributed by atoms with Crippen LogP contribution in [0.15, 0.2) is 30.3 Å². The minimum atomic E-state index is -2.88. The van der Waals surface area contributed by atoms with Crippen molar-refractivity contribution in [2.75, 3.05) is 6.61 Å². The van der Waals surface area contributed by atoms with E-state index in [0.29, 0.717) is 11.5 Å². The third-order valence-electron chi connectivity index (χ3n) is 4.32. The van der Waals surface area contributed by atoms with Crippen LogP contribution >= 0.6 is 0 Å². The minimum absolute atomic E-state index is 0.0355. The summed E-state index contributed by atoms with van der Waals surface area (Å²) in [7, 11) is 0. The zero-order chi connectivity index (χ0) is 18.9. The number of hydrogen-bond donors (Lipinski definition) is 1. The van der Waals surface area contributed by atoms with Gasteiger partial charge in [0.2, 0.25) is 0 Å². The molecule has 0 saturated heterocycles. The topological polar surface area (TPSA) is 64.6 Å². The summed E-state index contributed by atoms with van der Waals surface area (Å²) in [6, 6.07) is 5.93. The van der Waals surface area contributed by atoms with Gasteiger partial charge in [-0.1, -0.05) is 31.9 Å². The molecule has 0 radical (unpaired) electrons. The van der Waals surface area contributed by atoms with Gasteiger partial charge in [-0.2, -0.15) is 8.78 Å². The lowest BCUT2D eigenvalue weighted by Gasteiger charge is -2.29. The molecule has 142 valence electrons. The van der Waals surface area contributed by atoms with Gasteiger partial charge in [0.05, 0.1) is 0 Å². The standard InChI is InChI=1S/C19H23F2NO4/c1-13-4-2-3-5-16(13)22-17(23)12-25-18(24)11-8-14-6-9-15(10-7-14)26-19(20)21/h6-11,13,16,19H,2-5,12H2,1H3,(H,22,23)/b11-8+/t13-,16+/m1/s1. The summed E-state index contributed by atoms with van der Waals surface area (Å²) in [5, 5.41) is 2.90. The molecule has 0 spiro atoms. The average molecular weight is 367 g/mol. The van der Waals surface area contributed by atoms with Crippen LogP contribution in [0.1, 0.15) is 38.2 Å². The first-order chi connectivity index (χ1) is 12.4. The van der Waals surface area contributed by atoms with Crippen LogP contribution in [-0.4, -0.2) is 31.1 Å². The molecular formula is C19H23F2NO4. The fourth-order valence-electron chi connectivity index (χ4n) is 2.89. The molecule has 1 amide bonds. The average Bonchev–Trinajstić information content (AvgIpc) is 2.61. The Morgan fingerprint density at radius 2 is 1.92 bits per heavy atom. The van der Waals surface area contributed by atoms with Crippen LogP contribution in [0.5, 0.6) is 5.75 Å². The maximum Gasteiger partial charge on any atom is 0.387 e. The van der Waals surface area contributed by atoms with Crippen LogP contribution in [0.2, 0.25) is 0 Å². The number of carbonyl (C=O) groups excluding carboxylic acids is 2. The number of carbonyl (C=O) groups is 2. The molecule has 0 bridgehead atoms. The SMILES string of the molecule is C[C@@H]1CCCC[C@@H]1NC(=O)COC(=O)/C=C/c1ccc(OC(F)F)cc1. The largest absolute Gasteiger partial charge is 0.452 e. The summed E-state index contributed by atoms with van der Waals surface area (Å²) in [5.41, 5.74) is 0.615. The lowest BCUT2D eigenvalue weighted by Crippen LogP contribution is -2.42. The first-order valence-corrected chi connectivity index (χ1v) is 8.63. The maximum absolute atomic E-state index is 12.1. The summed E-state index contributed by atoms with van der Waals surface area (Å²) < 4.78 is 33.3.